The number of aromatic nitrogens is 2. The Bertz CT molecular complexity index is 1030. The molecule has 0 aliphatic rings. The lowest BCUT2D eigenvalue weighted by molar-refractivity contribution is 0.102. The lowest BCUT2D eigenvalue weighted by atomic mass is 10.1. The van der Waals surface area contributed by atoms with Gasteiger partial charge in [0.1, 0.15) is 0 Å². The number of carbonyl (C=O) groups excluding carboxylic acids is 1. The minimum Gasteiger partial charge on any atom is -0.423 e. The predicted octanol–water partition coefficient (Wildman–Crippen LogP) is 3.02. The van der Waals surface area contributed by atoms with Gasteiger partial charge in [-0.15, -0.1) is 10.2 Å². The second-order valence-electron chi connectivity index (χ2n) is 5.89. The summed E-state index contributed by atoms with van der Waals surface area (Å²) in [4.78, 5) is 12.6. The molecule has 0 saturated carbocycles. The molecule has 0 unspecified atom stereocenters. The van der Waals surface area contributed by atoms with Gasteiger partial charge in [-0.05, 0) is 48.5 Å². The van der Waals surface area contributed by atoms with E-state index in [1.165, 1.54) is 22.8 Å². The Morgan fingerprint density at radius 1 is 1.04 bits per heavy atom. The molecule has 1 N–H and O–H groups in total. The summed E-state index contributed by atoms with van der Waals surface area (Å²) in [6.07, 6.45) is 1.24. The minimum absolute atomic E-state index is 0.193. The molecule has 2 aromatic carbocycles. The summed E-state index contributed by atoms with van der Waals surface area (Å²) in [5.74, 6) is 0.0633. The molecule has 0 atom stereocenters. The molecule has 0 spiro atoms. The number of hydrogen-bond donors (Lipinski definition) is 1. The van der Waals surface area contributed by atoms with Crippen molar-refractivity contribution < 1.29 is 17.6 Å². The first-order valence-corrected chi connectivity index (χ1v) is 10.2. The Kier molecular flexibility index (Phi) is 5.86. The Balaban J connectivity index is 1.71. The maximum Gasteiger partial charge on any atom is 0.255 e. The van der Waals surface area contributed by atoms with E-state index in [1.807, 2.05) is 0 Å². The largest absolute Gasteiger partial charge is 0.423 e. The fraction of sp³-hybridized carbons (Fsp3) is 0.211. The monoisotopic (exact) mass is 400 g/mol. The smallest absolute Gasteiger partial charge is 0.255 e. The molecular weight excluding hydrogens is 380 g/mol. The first-order chi connectivity index (χ1) is 13.5. The third-order valence-electron chi connectivity index (χ3n) is 4.21. The van der Waals surface area contributed by atoms with Crippen molar-refractivity contribution in [3.63, 3.8) is 0 Å². The van der Waals surface area contributed by atoms with Crippen LogP contribution >= 0.6 is 0 Å². The second kappa shape index (κ2) is 8.32. The number of carbonyl (C=O) groups is 1. The molecule has 3 aromatic rings. The normalized spacial score (nSPS) is 11.5. The van der Waals surface area contributed by atoms with Crippen LogP contribution in [0.2, 0.25) is 0 Å². The lowest BCUT2D eigenvalue weighted by Gasteiger charge is -2.18. The van der Waals surface area contributed by atoms with Crippen LogP contribution in [0.3, 0.4) is 0 Å². The molecule has 0 fully saturated rings. The molecule has 146 valence electrons. The van der Waals surface area contributed by atoms with Crippen molar-refractivity contribution in [2.45, 2.75) is 18.7 Å². The first kappa shape index (κ1) is 19.7. The van der Waals surface area contributed by atoms with Gasteiger partial charge in [0.15, 0.2) is 0 Å². The van der Waals surface area contributed by atoms with E-state index in [9.17, 15) is 13.2 Å². The second-order valence-corrected chi connectivity index (χ2v) is 7.83. The summed E-state index contributed by atoms with van der Waals surface area (Å²) in [7, 11) is -3.52. The van der Waals surface area contributed by atoms with Crippen molar-refractivity contribution in [2.75, 3.05) is 18.4 Å². The zero-order valence-electron chi connectivity index (χ0n) is 15.5. The average Bonchev–Trinajstić information content (AvgIpc) is 3.24. The van der Waals surface area contributed by atoms with E-state index in [0.717, 1.165) is 0 Å². The highest BCUT2D eigenvalue weighted by molar-refractivity contribution is 7.89. The number of rotatable bonds is 7. The molecule has 3 rings (SSSR count). The lowest BCUT2D eigenvalue weighted by Crippen LogP contribution is -2.30. The van der Waals surface area contributed by atoms with Crippen molar-refractivity contribution in [1.29, 1.82) is 0 Å². The van der Waals surface area contributed by atoms with E-state index in [0.29, 0.717) is 35.8 Å². The zero-order valence-corrected chi connectivity index (χ0v) is 16.3. The summed E-state index contributed by atoms with van der Waals surface area (Å²) in [6, 6.07) is 12.8. The SMILES string of the molecule is CCN(CC)S(=O)(=O)c1ccc(NC(=O)c2ccc(-c3nnco3)cc2)cc1. The van der Waals surface area contributed by atoms with Crippen molar-refractivity contribution in [3.8, 4) is 11.5 Å². The highest BCUT2D eigenvalue weighted by Crippen LogP contribution is 2.20. The van der Waals surface area contributed by atoms with Crippen LogP contribution in [0.25, 0.3) is 11.5 Å². The highest BCUT2D eigenvalue weighted by atomic mass is 32.2. The summed E-state index contributed by atoms with van der Waals surface area (Å²) >= 11 is 0. The van der Waals surface area contributed by atoms with Crippen LogP contribution in [-0.4, -0.2) is 41.9 Å². The average molecular weight is 400 g/mol. The molecule has 1 heterocycles. The molecule has 9 heteroatoms. The van der Waals surface area contributed by atoms with Crippen LogP contribution in [0.1, 0.15) is 24.2 Å². The van der Waals surface area contributed by atoms with Crippen LogP contribution < -0.4 is 5.32 Å². The quantitative estimate of drug-likeness (QED) is 0.653. The van der Waals surface area contributed by atoms with Crippen LogP contribution in [0.5, 0.6) is 0 Å². The van der Waals surface area contributed by atoms with Crippen LogP contribution in [-0.2, 0) is 10.0 Å². The Morgan fingerprint density at radius 3 is 2.21 bits per heavy atom. The number of amides is 1. The molecular formula is C19H20N4O4S. The summed E-state index contributed by atoms with van der Waals surface area (Å²) in [6.45, 7) is 4.38. The number of hydrogen-bond acceptors (Lipinski definition) is 6. The number of benzene rings is 2. The minimum atomic E-state index is -3.52. The number of anilines is 1. The number of nitrogens with one attached hydrogen (secondary N) is 1. The van der Waals surface area contributed by atoms with E-state index in [2.05, 4.69) is 15.5 Å². The first-order valence-electron chi connectivity index (χ1n) is 8.74. The van der Waals surface area contributed by atoms with Gasteiger partial charge in [0, 0.05) is 29.9 Å². The summed E-state index contributed by atoms with van der Waals surface area (Å²) < 4.78 is 31.5. The molecule has 28 heavy (non-hydrogen) atoms. The van der Waals surface area contributed by atoms with Gasteiger partial charge < -0.3 is 9.73 Å². The predicted molar refractivity (Wildman–Crippen MR) is 104 cm³/mol. The molecule has 0 radical (unpaired) electrons. The number of sulfonamides is 1. The van der Waals surface area contributed by atoms with Gasteiger partial charge in [-0.3, -0.25) is 4.79 Å². The molecule has 0 saturated heterocycles. The van der Waals surface area contributed by atoms with Gasteiger partial charge in [-0.2, -0.15) is 4.31 Å². The Hall–Kier alpha value is -3.04. The zero-order chi connectivity index (χ0) is 20.1. The molecule has 1 aromatic heterocycles. The standard InChI is InChI=1S/C19H20N4O4S/c1-3-23(4-2)28(25,26)17-11-9-16(10-12-17)21-18(24)14-5-7-15(8-6-14)19-22-20-13-27-19/h5-13H,3-4H2,1-2H3,(H,21,24). The van der Waals surface area contributed by atoms with Gasteiger partial charge in [-0.1, -0.05) is 13.8 Å². The van der Waals surface area contributed by atoms with Crippen LogP contribution in [0.15, 0.2) is 64.2 Å². The molecule has 8 nitrogen and oxygen atoms in total. The van der Waals surface area contributed by atoms with E-state index >= 15 is 0 Å². The van der Waals surface area contributed by atoms with Gasteiger partial charge in [0.05, 0.1) is 4.90 Å². The number of nitrogens with zero attached hydrogens (tertiary/aromatic N) is 3. The molecule has 0 aliphatic carbocycles. The van der Waals surface area contributed by atoms with Crippen molar-refractivity contribution >= 4 is 21.6 Å². The molecule has 0 bridgehead atoms. The Morgan fingerprint density at radius 2 is 1.68 bits per heavy atom. The van der Waals surface area contributed by atoms with Gasteiger partial charge in [0.25, 0.3) is 5.91 Å². The van der Waals surface area contributed by atoms with Crippen molar-refractivity contribution in [2.24, 2.45) is 0 Å². The van der Waals surface area contributed by atoms with E-state index in [-0.39, 0.29) is 10.8 Å². The summed E-state index contributed by atoms with van der Waals surface area (Å²) in [5.41, 5.74) is 1.66. The van der Waals surface area contributed by atoms with Gasteiger partial charge >= 0.3 is 0 Å². The molecule has 0 aliphatic heterocycles. The highest BCUT2D eigenvalue weighted by Gasteiger charge is 2.21. The topological polar surface area (TPSA) is 105 Å². The van der Waals surface area contributed by atoms with Gasteiger partial charge in [-0.25, -0.2) is 8.42 Å². The van der Waals surface area contributed by atoms with Crippen molar-refractivity contribution in [3.05, 3.63) is 60.5 Å². The van der Waals surface area contributed by atoms with E-state index < -0.39 is 10.0 Å². The fourth-order valence-corrected chi connectivity index (χ4v) is 4.15. The summed E-state index contributed by atoms with van der Waals surface area (Å²) in [5, 5.41) is 10.2. The fourth-order valence-electron chi connectivity index (χ4n) is 2.69. The van der Waals surface area contributed by atoms with Gasteiger partial charge in [0.2, 0.25) is 22.3 Å². The van der Waals surface area contributed by atoms with Crippen LogP contribution in [0.4, 0.5) is 5.69 Å². The maximum absolute atomic E-state index is 12.5. The van der Waals surface area contributed by atoms with Crippen LogP contribution in [0, 0.1) is 0 Å². The van der Waals surface area contributed by atoms with E-state index in [4.69, 9.17) is 4.42 Å². The third kappa shape index (κ3) is 4.10. The third-order valence-corrected chi connectivity index (χ3v) is 6.27. The van der Waals surface area contributed by atoms with Crippen molar-refractivity contribution in [1.82, 2.24) is 14.5 Å². The maximum atomic E-state index is 12.5. The molecule has 1 amide bonds. The van der Waals surface area contributed by atoms with E-state index in [1.54, 1.807) is 50.2 Å². The Labute approximate surface area is 163 Å².